The van der Waals surface area contributed by atoms with Crippen molar-refractivity contribution in [3.63, 3.8) is 0 Å². The zero-order chi connectivity index (χ0) is 35.4. The van der Waals surface area contributed by atoms with Crippen LogP contribution in [0.15, 0.2) is 36.4 Å². The average Bonchev–Trinajstić information content (AvgIpc) is 3.06. The van der Waals surface area contributed by atoms with Crippen LogP contribution in [0, 0.1) is 0 Å². The van der Waals surface area contributed by atoms with Crippen LogP contribution < -0.4 is 37.2 Å². The number of benzene rings is 2. The molecule has 1 heterocycles. The third kappa shape index (κ3) is 10.1. The van der Waals surface area contributed by atoms with E-state index in [1.807, 2.05) is 0 Å². The molecule has 0 aromatic heterocycles. The van der Waals surface area contributed by atoms with Gasteiger partial charge < -0.3 is 57.4 Å². The molecular weight excluding hydrogens is 620 g/mol. The minimum absolute atomic E-state index is 0.0146. The van der Waals surface area contributed by atoms with E-state index >= 15 is 0 Å². The van der Waals surface area contributed by atoms with Gasteiger partial charge in [0.05, 0.1) is 12.1 Å². The van der Waals surface area contributed by atoms with Crippen molar-refractivity contribution in [3.8, 4) is 22.6 Å². The van der Waals surface area contributed by atoms with Crippen LogP contribution in [0.3, 0.4) is 0 Å². The molecule has 0 unspecified atom stereocenters. The molecule has 0 radical (unpaired) electrons. The van der Waals surface area contributed by atoms with Gasteiger partial charge in [0.15, 0.2) is 0 Å². The summed E-state index contributed by atoms with van der Waals surface area (Å²) in [4.78, 5) is 55.5. The smallest absolute Gasteiger partial charge is 0.245 e. The molecule has 15 nitrogen and oxygen atoms in total. The maximum absolute atomic E-state index is 14.1. The van der Waals surface area contributed by atoms with Crippen molar-refractivity contribution in [2.45, 2.75) is 49.5 Å². The summed E-state index contributed by atoms with van der Waals surface area (Å²) in [5.41, 5.74) is 2.23. The molecule has 2 aromatic rings. The molecule has 0 saturated heterocycles. The molecule has 4 bridgehead atoms. The van der Waals surface area contributed by atoms with E-state index < -0.39 is 48.0 Å². The molecule has 1 aliphatic heterocycles. The Balaban J connectivity index is 2.07. The van der Waals surface area contributed by atoms with E-state index in [0.29, 0.717) is 35.3 Å². The van der Waals surface area contributed by atoms with Gasteiger partial charge in [0.2, 0.25) is 23.6 Å². The normalized spacial score (nSPS) is 19.8. The quantitative estimate of drug-likeness (QED) is 0.103. The zero-order valence-corrected chi connectivity index (χ0v) is 28.2. The lowest BCUT2D eigenvalue weighted by atomic mass is 9.95. The number of amides is 4. The van der Waals surface area contributed by atoms with Gasteiger partial charge in [-0.15, -0.1) is 0 Å². The number of nitrogens with one attached hydrogen (secondary N) is 7. The van der Waals surface area contributed by atoms with E-state index in [1.165, 1.54) is 24.1 Å². The standard InChI is InChI=1S/C33H50N8O7/c1-34-10-11-38-30(45)26(37-4)18-39-32(47)27-15-22-13-20(7-9-29(22)44)19-6-8-28(43)21(12-19)14-24(36-3)31(46)40-25(33(48)41(27)5)16-23(42)17-35-2/h6-9,12-13,23-27,34-37,42-44H,10-11,14-18H2,1-5H3,(H,38,45)(H,39,47)(H,40,46)/t23-,24+,25+,26+,27+/m1/s1. The molecule has 0 spiro atoms. The third-order valence-electron chi connectivity index (χ3n) is 8.49. The molecule has 0 aliphatic carbocycles. The Labute approximate surface area is 281 Å². The number of aliphatic hydroxyl groups excluding tert-OH is 1. The van der Waals surface area contributed by atoms with E-state index in [1.54, 1.807) is 52.5 Å². The van der Waals surface area contributed by atoms with Crippen LogP contribution >= 0.6 is 0 Å². The van der Waals surface area contributed by atoms with Gasteiger partial charge in [0.25, 0.3) is 0 Å². The fourth-order valence-corrected chi connectivity index (χ4v) is 5.58. The number of phenols is 2. The van der Waals surface area contributed by atoms with Gasteiger partial charge in [-0.1, -0.05) is 12.1 Å². The van der Waals surface area contributed by atoms with E-state index in [0.717, 1.165) is 0 Å². The summed E-state index contributed by atoms with van der Waals surface area (Å²) in [6.07, 6.45) is -1.20. The molecule has 5 atom stereocenters. The number of hydrogen-bond donors (Lipinski definition) is 10. The Morgan fingerprint density at radius 3 is 2.08 bits per heavy atom. The van der Waals surface area contributed by atoms with Gasteiger partial charge >= 0.3 is 0 Å². The highest BCUT2D eigenvalue weighted by molar-refractivity contribution is 5.93. The van der Waals surface area contributed by atoms with Gasteiger partial charge in [0, 0.05) is 52.5 Å². The van der Waals surface area contributed by atoms with Crippen molar-refractivity contribution in [2.75, 3.05) is 61.4 Å². The molecule has 4 amide bonds. The Morgan fingerprint density at radius 1 is 0.896 bits per heavy atom. The SMILES string of the molecule is CNCCNC(=O)[C@H](CNC(=O)[C@@H]1Cc2cc(ccc2O)-c2ccc(O)c(c2)C[C@H](NC)C(=O)N[C@@H](C[C@@H](O)CNC)C(=O)N1C)NC. The van der Waals surface area contributed by atoms with E-state index in [2.05, 4.69) is 37.2 Å². The van der Waals surface area contributed by atoms with Crippen molar-refractivity contribution in [2.24, 2.45) is 0 Å². The molecule has 15 heteroatoms. The highest BCUT2D eigenvalue weighted by Gasteiger charge is 2.35. The molecule has 264 valence electrons. The maximum atomic E-state index is 14.1. The highest BCUT2D eigenvalue weighted by Crippen LogP contribution is 2.31. The number of carbonyl (C=O) groups excluding carboxylic acids is 4. The Bertz CT molecular complexity index is 1420. The number of aliphatic hydroxyl groups is 1. The Hall–Kier alpha value is -4.28. The number of rotatable bonds is 13. The average molecular weight is 671 g/mol. The second kappa shape index (κ2) is 18.3. The van der Waals surface area contributed by atoms with Crippen molar-refractivity contribution >= 4 is 23.6 Å². The molecule has 0 fully saturated rings. The number of nitrogens with zero attached hydrogens (tertiary/aromatic N) is 1. The largest absolute Gasteiger partial charge is 0.508 e. The second-order valence-corrected chi connectivity index (χ2v) is 11.9. The lowest BCUT2D eigenvalue weighted by Crippen LogP contribution is -2.59. The summed E-state index contributed by atoms with van der Waals surface area (Å²) in [6, 6.07) is 5.84. The van der Waals surface area contributed by atoms with Crippen molar-refractivity contribution in [1.82, 2.24) is 42.1 Å². The second-order valence-electron chi connectivity index (χ2n) is 11.9. The van der Waals surface area contributed by atoms with E-state index in [-0.39, 0.29) is 49.8 Å². The Morgan fingerprint density at radius 2 is 1.52 bits per heavy atom. The van der Waals surface area contributed by atoms with Gasteiger partial charge in [0.1, 0.15) is 29.6 Å². The number of phenolic OH excluding ortho intramolecular Hbond substituents is 2. The van der Waals surface area contributed by atoms with Crippen LogP contribution in [-0.2, 0) is 32.0 Å². The van der Waals surface area contributed by atoms with Gasteiger partial charge in [-0.3, -0.25) is 19.2 Å². The summed E-state index contributed by atoms with van der Waals surface area (Å²) in [6.45, 7) is 1.01. The first-order valence-corrected chi connectivity index (χ1v) is 16.0. The summed E-state index contributed by atoms with van der Waals surface area (Å²) in [5.74, 6) is -2.21. The van der Waals surface area contributed by atoms with Crippen LogP contribution in [0.4, 0.5) is 0 Å². The van der Waals surface area contributed by atoms with Crippen molar-refractivity contribution in [1.29, 1.82) is 0 Å². The fraction of sp³-hybridized carbons (Fsp3) is 0.515. The minimum atomic E-state index is -1.23. The lowest BCUT2D eigenvalue weighted by Gasteiger charge is -2.32. The summed E-state index contributed by atoms with van der Waals surface area (Å²) in [7, 11) is 8.01. The van der Waals surface area contributed by atoms with E-state index in [4.69, 9.17) is 0 Å². The number of aromatic hydroxyl groups is 2. The Kier molecular flexibility index (Phi) is 14.6. The number of likely N-dealkylation sites (N-methyl/N-ethyl adjacent to an activating group) is 5. The predicted molar refractivity (Wildman–Crippen MR) is 181 cm³/mol. The molecule has 2 aromatic carbocycles. The first kappa shape index (κ1) is 38.2. The van der Waals surface area contributed by atoms with Crippen LogP contribution in [-0.4, -0.2) is 136 Å². The van der Waals surface area contributed by atoms with Crippen LogP contribution in [0.2, 0.25) is 0 Å². The van der Waals surface area contributed by atoms with Crippen LogP contribution in [0.1, 0.15) is 17.5 Å². The zero-order valence-electron chi connectivity index (χ0n) is 28.2. The number of fused-ring (bicyclic) bond motifs is 5. The van der Waals surface area contributed by atoms with Gasteiger partial charge in [-0.25, -0.2) is 0 Å². The van der Waals surface area contributed by atoms with Crippen molar-refractivity contribution < 1.29 is 34.5 Å². The van der Waals surface area contributed by atoms with Crippen LogP contribution in [0.25, 0.3) is 11.1 Å². The molecule has 0 saturated carbocycles. The monoisotopic (exact) mass is 670 g/mol. The van der Waals surface area contributed by atoms with E-state index in [9.17, 15) is 34.5 Å². The van der Waals surface area contributed by atoms with Crippen molar-refractivity contribution in [3.05, 3.63) is 47.5 Å². The lowest BCUT2D eigenvalue weighted by molar-refractivity contribution is -0.142. The minimum Gasteiger partial charge on any atom is -0.508 e. The third-order valence-corrected chi connectivity index (χ3v) is 8.49. The molecule has 10 N–H and O–H groups in total. The first-order chi connectivity index (χ1) is 22.9. The summed E-state index contributed by atoms with van der Waals surface area (Å²) >= 11 is 0. The number of carbonyl (C=O) groups is 4. The van der Waals surface area contributed by atoms with Gasteiger partial charge in [-0.2, -0.15) is 0 Å². The number of hydrogen-bond acceptors (Lipinski definition) is 11. The molecular formula is C33H50N8O7. The highest BCUT2D eigenvalue weighted by atomic mass is 16.3. The van der Waals surface area contributed by atoms with Gasteiger partial charge in [-0.05, 0) is 74.7 Å². The summed E-state index contributed by atoms with van der Waals surface area (Å²) in [5, 5.41) is 52.1. The first-order valence-electron chi connectivity index (χ1n) is 16.0. The maximum Gasteiger partial charge on any atom is 0.245 e. The topological polar surface area (TPSA) is 216 Å². The van der Waals surface area contributed by atoms with Crippen LogP contribution in [0.5, 0.6) is 11.5 Å². The predicted octanol–water partition coefficient (Wildman–Crippen LogP) is -2.23. The molecule has 3 rings (SSSR count). The molecule has 48 heavy (non-hydrogen) atoms. The molecule has 1 aliphatic rings. The summed E-state index contributed by atoms with van der Waals surface area (Å²) < 4.78 is 0. The fourth-order valence-electron chi connectivity index (χ4n) is 5.58.